The summed E-state index contributed by atoms with van der Waals surface area (Å²) in [4.78, 5) is 7.19. The van der Waals surface area contributed by atoms with Crippen LogP contribution in [-0.2, 0) is 0 Å². The van der Waals surface area contributed by atoms with Gasteiger partial charge in [0.05, 0.1) is 11.9 Å². The smallest absolute Gasteiger partial charge is 0.149 e. The van der Waals surface area contributed by atoms with Gasteiger partial charge in [0, 0.05) is 12.4 Å². The molecule has 0 aliphatic rings. The van der Waals surface area contributed by atoms with Gasteiger partial charge in [-0.05, 0) is 30.7 Å². The Hall–Kier alpha value is -2.10. The first-order chi connectivity index (χ1) is 7.36. The van der Waals surface area contributed by atoms with Crippen LogP contribution in [0.4, 0.5) is 5.82 Å². The zero-order valence-electron chi connectivity index (χ0n) is 8.44. The first-order valence-electron chi connectivity index (χ1n) is 4.70. The van der Waals surface area contributed by atoms with E-state index in [9.17, 15) is 0 Å². The maximum absolute atomic E-state index is 4.16. The van der Waals surface area contributed by atoms with E-state index >= 15 is 0 Å². The van der Waals surface area contributed by atoms with Crippen molar-refractivity contribution in [2.24, 2.45) is 5.10 Å². The fourth-order valence-electron chi connectivity index (χ4n) is 1.19. The van der Waals surface area contributed by atoms with Crippen molar-refractivity contribution < 1.29 is 0 Å². The van der Waals surface area contributed by atoms with Crippen molar-refractivity contribution >= 4 is 12.0 Å². The average Bonchev–Trinajstić information content (AvgIpc) is 2.74. The highest BCUT2D eigenvalue weighted by Gasteiger charge is 1.94. The number of H-pyrrole nitrogens is 1. The highest BCUT2D eigenvalue weighted by atomic mass is 15.3. The summed E-state index contributed by atoms with van der Waals surface area (Å²) in [7, 11) is 0. The molecule has 4 nitrogen and oxygen atoms in total. The summed E-state index contributed by atoms with van der Waals surface area (Å²) in [6, 6.07) is 7.75. The van der Waals surface area contributed by atoms with Gasteiger partial charge in [-0.25, -0.2) is 4.98 Å². The molecule has 0 saturated carbocycles. The van der Waals surface area contributed by atoms with Crippen molar-refractivity contribution in [3.63, 3.8) is 0 Å². The maximum Gasteiger partial charge on any atom is 0.149 e. The fourth-order valence-corrected chi connectivity index (χ4v) is 1.19. The molecule has 15 heavy (non-hydrogen) atoms. The van der Waals surface area contributed by atoms with Crippen molar-refractivity contribution in [3.8, 4) is 0 Å². The highest BCUT2D eigenvalue weighted by molar-refractivity contribution is 5.77. The fraction of sp³-hybridized carbons (Fsp3) is 0.0909. The molecule has 0 bridgehead atoms. The molecule has 76 valence electrons. The number of aromatic amines is 1. The Balaban J connectivity index is 2.02. The molecular weight excluding hydrogens is 188 g/mol. The molecule has 0 saturated heterocycles. The van der Waals surface area contributed by atoms with Gasteiger partial charge in [0.25, 0.3) is 0 Å². The van der Waals surface area contributed by atoms with Crippen LogP contribution < -0.4 is 5.43 Å². The number of nitrogens with zero attached hydrogens (tertiary/aromatic N) is 2. The van der Waals surface area contributed by atoms with E-state index in [-0.39, 0.29) is 0 Å². The number of aromatic nitrogens is 2. The number of anilines is 1. The van der Waals surface area contributed by atoms with Gasteiger partial charge in [0.1, 0.15) is 5.82 Å². The van der Waals surface area contributed by atoms with Crippen LogP contribution in [0.5, 0.6) is 0 Å². The number of pyridine rings is 1. The average molecular weight is 200 g/mol. The zero-order chi connectivity index (χ0) is 10.5. The molecule has 2 heterocycles. The summed E-state index contributed by atoms with van der Waals surface area (Å²) in [5, 5.41) is 4.08. The lowest BCUT2D eigenvalue weighted by atomic mass is 10.3. The van der Waals surface area contributed by atoms with E-state index in [1.807, 2.05) is 37.4 Å². The third-order valence-electron chi connectivity index (χ3n) is 2.01. The SMILES string of the molecule is Cc1cccnc1NN=Cc1ccc[nH]1. The third kappa shape index (κ3) is 2.43. The van der Waals surface area contributed by atoms with Crippen molar-refractivity contribution in [1.29, 1.82) is 0 Å². The number of rotatable bonds is 3. The van der Waals surface area contributed by atoms with Crippen LogP contribution >= 0.6 is 0 Å². The van der Waals surface area contributed by atoms with Crippen LogP contribution in [-0.4, -0.2) is 16.2 Å². The minimum absolute atomic E-state index is 0.778. The van der Waals surface area contributed by atoms with Gasteiger partial charge in [0.15, 0.2) is 0 Å². The van der Waals surface area contributed by atoms with Crippen molar-refractivity contribution in [2.75, 3.05) is 5.43 Å². The Morgan fingerprint density at radius 3 is 3.07 bits per heavy atom. The minimum atomic E-state index is 0.778. The topological polar surface area (TPSA) is 53.1 Å². The molecule has 0 aromatic carbocycles. The number of hydrogen-bond donors (Lipinski definition) is 2. The summed E-state index contributed by atoms with van der Waals surface area (Å²) in [5.41, 5.74) is 4.91. The van der Waals surface area contributed by atoms with E-state index in [1.165, 1.54) is 0 Å². The number of hydrogen-bond acceptors (Lipinski definition) is 3. The summed E-state index contributed by atoms with van der Waals surface area (Å²) in [6.07, 6.45) is 5.31. The first kappa shape index (κ1) is 9.45. The lowest BCUT2D eigenvalue weighted by Gasteiger charge is -2.01. The van der Waals surface area contributed by atoms with Gasteiger partial charge in [-0.15, -0.1) is 0 Å². The summed E-state index contributed by atoms with van der Waals surface area (Å²) < 4.78 is 0. The van der Waals surface area contributed by atoms with Gasteiger partial charge < -0.3 is 4.98 Å². The highest BCUT2D eigenvalue weighted by Crippen LogP contribution is 2.08. The Labute approximate surface area is 88.1 Å². The first-order valence-corrected chi connectivity index (χ1v) is 4.70. The number of nitrogens with one attached hydrogen (secondary N) is 2. The van der Waals surface area contributed by atoms with Crippen molar-refractivity contribution in [2.45, 2.75) is 6.92 Å². The Kier molecular flexibility index (Phi) is 2.78. The van der Waals surface area contributed by atoms with Gasteiger partial charge in [-0.1, -0.05) is 6.07 Å². The summed E-state index contributed by atoms with van der Waals surface area (Å²) in [5.74, 6) is 0.778. The van der Waals surface area contributed by atoms with Crippen LogP contribution in [0.25, 0.3) is 0 Å². The van der Waals surface area contributed by atoms with Crippen LogP contribution in [0.1, 0.15) is 11.3 Å². The quantitative estimate of drug-likeness (QED) is 0.589. The van der Waals surface area contributed by atoms with Crippen molar-refractivity contribution in [1.82, 2.24) is 9.97 Å². The molecule has 0 amide bonds. The van der Waals surface area contributed by atoms with Gasteiger partial charge in [-0.2, -0.15) is 5.10 Å². The molecule has 4 heteroatoms. The molecule has 2 aromatic heterocycles. The Bertz CT molecular complexity index is 445. The molecule has 0 aliphatic carbocycles. The van der Waals surface area contributed by atoms with Crippen LogP contribution in [0.2, 0.25) is 0 Å². The molecule has 0 spiro atoms. The standard InChI is InChI=1S/C11H12N4/c1-9-4-2-7-13-11(9)15-14-8-10-5-3-6-12-10/h2-8,12H,1H3,(H,13,15). The zero-order valence-corrected chi connectivity index (χ0v) is 8.44. The second-order valence-electron chi connectivity index (χ2n) is 3.16. The number of hydrazone groups is 1. The second-order valence-corrected chi connectivity index (χ2v) is 3.16. The predicted molar refractivity (Wildman–Crippen MR) is 61.0 cm³/mol. The number of aryl methyl sites for hydroxylation is 1. The van der Waals surface area contributed by atoms with E-state index in [2.05, 4.69) is 20.5 Å². The molecule has 0 radical (unpaired) electrons. The van der Waals surface area contributed by atoms with Gasteiger partial charge >= 0.3 is 0 Å². The molecule has 0 aliphatic heterocycles. The van der Waals surface area contributed by atoms with E-state index in [1.54, 1.807) is 12.4 Å². The largest absolute Gasteiger partial charge is 0.360 e. The maximum atomic E-state index is 4.16. The molecule has 0 unspecified atom stereocenters. The summed E-state index contributed by atoms with van der Waals surface area (Å²) >= 11 is 0. The molecule has 0 atom stereocenters. The monoisotopic (exact) mass is 200 g/mol. The minimum Gasteiger partial charge on any atom is -0.360 e. The summed E-state index contributed by atoms with van der Waals surface area (Å²) in [6.45, 7) is 1.99. The van der Waals surface area contributed by atoms with Crippen molar-refractivity contribution in [3.05, 3.63) is 47.9 Å². The molecule has 0 fully saturated rings. The Morgan fingerprint density at radius 2 is 2.33 bits per heavy atom. The molecule has 2 N–H and O–H groups in total. The molecule has 2 aromatic rings. The second kappa shape index (κ2) is 4.41. The third-order valence-corrected chi connectivity index (χ3v) is 2.01. The lowest BCUT2D eigenvalue weighted by Crippen LogP contribution is -1.95. The van der Waals surface area contributed by atoms with Crippen LogP contribution in [0.15, 0.2) is 41.8 Å². The predicted octanol–water partition coefficient (Wildman–Crippen LogP) is 2.16. The van der Waals surface area contributed by atoms with E-state index in [0.717, 1.165) is 17.1 Å². The van der Waals surface area contributed by atoms with E-state index in [0.29, 0.717) is 0 Å². The lowest BCUT2D eigenvalue weighted by molar-refractivity contribution is 1.19. The normalized spacial score (nSPS) is 10.7. The molecular formula is C11H12N4. The van der Waals surface area contributed by atoms with Gasteiger partial charge in [-0.3, -0.25) is 5.43 Å². The molecule has 2 rings (SSSR count). The van der Waals surface area contributed by atoms with E-state index in [4.69, 9.17) is 0 Å². The van der Waals surface area contributed by atoms with Gasteiger partial charge in [0.2, 0.25) is 0 Å². The Morgan fingerprint density at radius 1 is 1.40 bits per heavy atom. The van der Waals surface area contributed by atoms with Crippen LogP contribution in [0, 0.1) is 6.92 Å². The van der Waals surface area contributed by atoms with E-state index < -0.39 is 0 Å². The van der Waals surface area contributed by atoms with Crippen LogP contribution in [0.3, 0.4) is 0 Å².